The Morgan fingerprint density at radius 2 is 1.82 bits per heavy atom. The van der Waals surface area contributed by atoms with Crippen LogP contribution in [0.5, 0.6) is 5.75 Å². The molecule has 4 rings (SSSR count). The summed E-state index contributed by atoms with van der Waals surface area (Å²) in [7, 11) is -3.55. The van der Waals surface area contributed by atoms with Gasteiger partial charge in [-0.25, -0.2) is 13.4 Å². The molecule has 0 aliphatic carbocycles. The number of pyridine rings is 1. The van der Waals surface area contributed by atoms with Gasteiger partial charge in [-0.3, -0.25) is 4.98 Å². The Labute approximate surface area is 203 Å². The SMILES string of the molecule is CC(C)c1ccc(S(=O)(=O)NN2CC[C@@H](CCCOc3ccc(-c4ccccn4)cc3)C2)cc1. The molecule has 0 unspecified atom stereocenters. The third-order valence-corrected chi connectivity index (χ3v) is 7.62. The molecule has 1 aromatic heterocycles. The minimum absolute atomic E-state index is 0.308. The van der Waals surface area contributed by atoms with Gasteiger partial charge < -0.3 is 4.74 Å². The van der Waals surface area contributed by atoms with Crippen LogP contribution in [0.1, 0.15) is 44.6 Å². The molecule has 1 N–H and O–H groups in total. The van der Waals surface area contributed by atoms with E-state index < -0.39 is 10.0 Å². The van der Waals surface area contributed by atoms with E-state index in [0.29, 0.717) is 23.3 Å². The lowest BCUT2D eigenvalue weighted by atomic mass is 10.0. The zero-order valence-electron chi connectivity index (χ0n) is 19.9. The number of hydrogen-bond donors (Lipinski definition) is 1. The lowest BCUT2D eigenvalue weighted by Crippen LogP contribution is -2.40. The van der Waals surface area contributed by atoms with Crippen LogP contribution >= 0.6 is 0 Å². The topological polar surface area (TPSA) is 71.5 Å². The van der Waals surface area contributed by atoms with Crippen LogP contribution in [-0.4, -0.2) is 38.1 Å². The average molecular weight is 480 g/mol. The number of hydrazine groups is 1. The molecule has 1 aliphatic heterocycles. The molecule has 0 amide bonds. The van der Waals surface area contributed by atoms with Crippen LogP contribution in [0.15, 0.2) is 77.8 Å². The summed E-state index contributed by atoms with van der Waals surface area (Å²) in [4.78, 5) is 7.43. The van der Waals surface area contributed by atoms with Gasteiger partial charge in [-0.15, -0.1) is 4.83 Å². The highest BCUT2D eigenvalue weighted by Gasteiger charge is 2.26. The molecule has 0 saturated carbocycles. The number of benzene rings is 2. The normalized spacial score (nSPS) is 16.7. The van der Waals surface area contributed by atoms with Crippen molar-refractivity contribution < 1.29 is 13.2 Å². The Hall–Kier alpha value is -2.74. The van der Waals surface area contributed by atoms with Crippen molar-refractivity contribution in [1.29, 1.82) is 0 Å². The fourth-order valence-electron chi connectivity index (χ4n) is 4.22. The molecule has 180 valence electrons. The molecule has 1 fully saturated rings. The highest BCUT2D eigenvalue weighted by molar-refractivity contribution is 7.89. The summed E-state index contributed by atoms with van der Waals surface area (Å²) in [6.07, 6.45) is 4.71. The maximum Gasteiger partial charge on any atom is 0.253 e. The predicted molar refractivity (Wildman–Crippen MR) is 135 cm³/mol. The van der Waals surface area contributed by atoms with E-state index in [1.54, 1.807) is 18.3 Å². The minimum Gasteiger partial charge on any atom is -0.494 e. The summed E-state index contributed by atoms with van der Waals surface area (Å²) >= 11 is 0. The van der Waals surface area contributed by atoms with Crippen LogP contribution in [-0.2, 0) is 10.0 Å². The first-order valence-corrected chi connectivity index (χ1v) is 13.4. The lowest BCUT2D eigenvalue weighted by molar-refractivity contribution is 0.269. The van der Waals surface area contributed by atoms with E-state index >= 15 is 0 Å². The molecular formula is C27H33N3O3S. The molecule has 1 aliphatic rings. The molecule has 0 radical (unpaired) electrons. The Morgan fingerprint density at radius 1 is 1.06 bits per heavy atom. The zero-order chi connectivity index (χ0) is 24.0. The van der Waals surface area contributed by atoms with Gasteiger partial charge >= 0.3 is 0 Å². The quantitative estimate of drug-likeness (QED) is 0.402. The molecule has 1 saturated heterocycles. The fourth-order valence-corrected chi connectivity index (χ4v) is 5.33. The molecule has 2 aromatic carbocycles. The number of hydrogen-bond acceptors (Lipinski definition) is 5. The van der Waals surface area contributed by atoms with Crippen LogP contribution in [0.3, 0.4) is 0 Å². The third-order valence-electron chi connectivity index (χ3n) is 6.23. The second kappa shape index (κ2) is 11.1. The number of sulfonamides is 1. The molecule has 6 nitrogen and oxygen atoms in total. The van der Waals surface area contributed by atoms with E-state index in [0.717, 1.165) is 54.9 Å². The highest BCUT2D eigenvalue weighted by atomic mass is 32.2. The van der Waals surface area contributed by atoms with Gasteiger partial charge in [-0.05, 0) is 85.2 Å². The minimum atomic E-state index is -3.55. The van der Waals surface area contributed by atoms with Crippen molar-refractivity contribution in [3.8, 4) is 17.0 Å². The van der Waals surface area contributed by atoms with Crippen LogP contribution < -0.4 is 9.57 Å². The van der Waals surface area contributed by atoms with Gasteiger partial charge in [0.05, 0.1) is 17.2 Å². The van der Waals surface area contributed by atoms with Gasteiger partial charge in [0, 0.05) is 24.8 Å². The van der Waals surface area contributed by atoms with Gasteiger partial charge in [-0.1, -0.05) is 32.0 Å². The van der Waals surface area contributed by atoms with Gasteiger partial charge in [-0.2, -0.15) is 0 Å². The van der Waals surface area contributed by atoms with Crippen LogP contribution in [0.4, 0.5) is 0 Å². The second-order valence-electron chi connectivity index (χ2n) is 9.15. The summed E-state index contributed by atoms with van der Waals surface area (Å²) in [5.41, 5.74) is 3.15. The van der Waals surface area contributed by atoms with E-state index in [2.05, 4.69) is 23.7 Å². The van der Waals surface area contributed by atoms with E-state index in [9.17, 15) is 8.42 Å². The molecule has 0 bridgehead atoms. The second-order valence-corrected chi connectivity index (χ2v) is 10.8. The molecule has 3 aromatic rings. The van der Waals surface area contributed by atoms with Gasteiger partial charge in [0.2, 0.25) is 0 Å². The molecule has 0 spiro atoms. The summed E-state index contributed by atoms with van der Waals surface area (Å²) in [6.45, 7) is 6.28. The van der Waals surface area contributed by atoms with Crippen molar-refractivity contribution in [2.45, 2.75) is 43.9 Å². The van der Waals surface area contributed by atoms with Gasteiger partial charge in [0.15, 0.2) is 0 Å². The van der Waals surface area contributed by atoms with Crippen LogP contribution in [0.25, 0.3) is 11.3 Å². The highest BCUT2D eigenvalue weighted by Crippen LogP contribution is 2.23. The van der Waals surface area contributed by atoms with Gasteiger partial charge in [0.25, 0.3) is 10.0 Å². The van der Waals surface area contributed by atoms with Crippen LogP contribution in [0.2, 0.25) is 0 Å². The summed E-state index contributed by atoms with van der Waals surface area (Å²) in [5, 5.41) is 1.83. The van der Waals surface area contributed by atoms with E-state index in [1.165, 1.54) is 0 Å². The van der Waals surface area contributed by atoms with Crippen molar-refractivity contribution in [2.24, 2.45) is 5.92 Å². The summed E-state index contributed by atoms with van der Waals surface area (Å²) in [5.74, 6) is 1.68. The van der Waals surface area contributed by atoms with Crippen molar-refractivity contribution in [2.75, 3.05) is 19.7 Å². The first kappa shape index (κ1) is 24.4. The predicted octanol–water partition coefficient (Wildman–Crippen LogP) is 5.25. The third kappa shape index (κ3) is 6.44. The number of ether oxygens (including phenoxy) is 1. The first-order chi connectivity index (χ1) is 16.4. The zero-order valence-corrected chi connectivity index (χ0v) is 20.7. The Bertz CT molecular complexity index is 1150. The summed E-state index contributed by atoms with van der Waals surface area (Å²) < 4.78 is 31.4. The van der Waals surface area contributed by atoms with E-state index in [1.807, 2.05) is 59.6 Å². The van der Waals surface area contributed by atoms with E-state index in [-0.39, 0.29) is 0 Å². The van der Waals surface area contributed by atoms with Crippen molar-refractivity contribution in [1.82, 2.24) is 14.8 Å². The van der Waals surface area contributed by atoms with E-state index in [4.69, 9.17) is 4.74 Å². The first-order valence-electron chi connectivity index (χ1n) is 11.9. The Balaban J connectivity index is 1.19. The average Bonchev–Trinajstić information content (AvgIpc) is 3.29. The molecule has 34 heavy (non-hydrogen) atoms. The molecular weight excluding hydrogens is 446 g/mol. The maximum atomic E-state index is 12.7. The Kier molecular flexibility index (Phi) is 7.98. The fraction of sp³-hybridized carbons (Fsp3) is 0.370. The number of nitrogens with one attached hydrogen (secondary N) is 1. The van der Waals surface area contributed by atoms with Crippen molar-refractivity contribution in [3.63, 3.8) is 0 Å². The standard InChI is InChI=1S/C27H33N3O3S/c1-21(2)23-10-14-26(15-11-23)34(31,32)29-30-18-16-22(20-30)6-5-19-33-25-12-8-24(9-13-25)27-7-3-4-17-28-27/h3-4,7-15,17,21-22,29H,5-6,16,18-20H2,1-2H3/t22-/m1/s1. The Morgan fingerprint density at radius 3 is 2.50 bits per heavy atom. The molecule has 7 heteroatoms. The molecule has 2 heterocycles. The van der Waals surface area contributed by atoms with Crippen molar-refractivity contribution in [3.05, 3.63) is 78.5 Å². The molecule has 1 atom stereocenters. The van der Waals surface area contributed by atoms with Crippen LogP contribution in [0, 0.1) is 5.92 Å². The largest absolute Gasteiger partial charge is 0.494 e. The smallest absolute Gasteiger partial charge is 0.253 e. The lowest BCUT2D eigenvalue weighted by Gasteiger charge is -2.18. The number of nitrogens with zero attached hydrogens (tertiary/aromatic N) is 2. The summed E-state index contributed by atoms with van der Waals surface area (Å²) in [6, 6.07) is 21.0. The number of rotatable bonds is 10. The maximum absolute atomic E-state index is 12.7. The monoisotopic (exact) mass is 479 g/mol. The number of aromatic nitrogens is 1. The van der Waals surface area contributed by atoms with Crippen molar-refractivity contribution >= 4 is 10.0 Å². The van der Waals surface area contributed by atoms with Gasteiger partial charge in [0.1, 0.15) is 5.75 Å².